The van der Waals surface area contributed by atoms with E-state index in [1.165, 1.54) is 0 Å². The number of ketones is 1. The number of nitrogens with one attached hydrogen (secondary N) is 1. The average Bonchev–Trinajstić information content (AvgIpc) is 2.28. The lowest BCUT2D eigenvalue weighted by atomic mass is 10.0. The molecular formula is C12H16ClNO2. The van der Waals surface area contributed by atoms with Gasteiger partial charge in [0.2, 0.25) is 0 Å². The Morgan fingerprint density at radius 3 is 2.75 bits per heavy atom. The van der Waals surface area contributed by atoms with Gasteiger partial charge in [-0.15, -0.1) is 0 Å². The summed E-state index contributed by atoms with van der Waals surface area (Å²) in [6, 6.07) is 3.44. The van der Waals surface area contributed by atoms with Gasteiger partial charge in [0.15, 0.2) is 5.78 Å². The fourth-order valence-corrected chi connectivity index (χ4v) is 1.69. The van der Waals surface area contributed by atoms with E-state index in [9.17, 15) is 4.79 Å². The highest BCUT2D eigenvalue weighted by Gasteiger charge is 2.12. The number of aryl methyl sites for hydroxylation is 1. The van der Waals surface area contributed by atoms with Gasteiger partial charge >= 0.3 is 0 Å². The summed E-state index contributed by atoms with van der Waals surface area (Å²) in [7, 11) is 1.56. The van der Waals surface area contributed by atoms with Crippen LogP contribution in [0.5, 0.6) is 5.75 Å². The molecule has 0 aliphatic heterocycles. The van der Waals surface area contributed by atoms with Crippen LogP contribution in [0.4, 0.5) is 0 Å². The fourth-order valence-electron chi connectivity index (χ4n) is 1.45. The first-order valence-corrected chi connectivity index (χ1v) is 5.56. The molecule has 0 bridgehead atoms. The predicted molar refractivity (Wildman–Crippen MR) is 65.6 cm³/mol. The van der Waals surface area contributed by atoms with Gasteiger partial charge in [0.25, 0.3) is 0 Å². The van der Waals surface area contributed by atoms with Gasteiger partial charge in [-0.1, -0.05) is 18.5 Å². The number of benzene rings is 1. The Hall–Kier alpha value is -1.06. The van der Waals surface area contributed by atoms with Crippen molar-refractivity contribution in [3.05, 3.63) is 28.3 Å². The topological polar surface area (TPSA) is 38.3 Å². The molecule has 0 atom stereocenters. The second-order valence-electron chi connectivity index (χ2n) is 3.51. The standard InChI is InChI=1S/C12H16ClNO2/c1-4-14-7-11(15)9-6-10(13)12(16-3)5-8(9)2/h5-6,14H,4,7H2,1-3H3. The Balaban J connectivity index is 2.97. The number of halogens is 1. The van der Waals surface area contributed by atoms with E-state index in [1.807, 2.05) is 13.8 Å². The number of ether oxygens (including phenoxy) is 1. The molecule has 0 saturated heterocycles. The van der Waals surface area contributed by atoms with E-state index in [2.05, 4.69) is 5.32 Å². The van der Waals surface area contributed by atoms with Gasteiger partial charge in [0.1, 0.15) is 5.75 Å². The van der Waals surface area contributed by atoms with Gasteiger partial charge in [-0.05, 0) is 31.2 Å². The maximum Gasteiger partial charge on any atom is 0.176 e. The molecule has 4 heteroatoms. The van der Waals surface area contributed by atoms with Gasteiger partial charge < -0.3 is 10.1 Å². The molecule has 16 heavy (non-hydrogen) atoms. The molecule has 1 aromatic carbocycles. The molecule has 1 aromatic rings. The number of methoxy groups -OCH3 is 1. The van der Waals surface area contributed by atoms with Crippen molar-refractivity contribution >= 4 is 17.4 Å². The molecule has 0 aromatic heterocycles. The average molecular weight is 242 g/mol. The lowest BCUT2D eigenvalue weighted by Crippen LogP contribution is -2.23. The van der Waals surface area contributed by atoms with Crippen molar-refractivity contribution in [3.8, 4) is 5.75 Å². The summed E-state index contributed by atoms with van der Waals surface area (Å²) in [6.07, 6.45) is 0. The van der Waals surface area contributed by atoms with E-state index in [-0.39, 0.29) is 5.78 Å². The SMILES string of the molecule is CCNCC(=O)c1cc(Cl)c(OC)cc1C. The Bertz CT molecular complexity index is 391. The van der Waals surface area contributed by atoms with Crippen LogP contribution in [-0.4, -0.2) is 26.0 Å². The Labute approximate surface area is 101 Å². The molecule has 0 fully saturated rings. The van der Waals surface area contributed by atoms with E-state index in [1.54, 1.807) is 19.2 Å². The minimum atomic E-state index is 0.0453. The maximum atomic E-state index is 11.8. The number of hydrogen-bond donors (Lipinski definition) is 1. The van der Waals surface area contributed by atoms with Gasteiger partial charge in [-0.3, -0.25) is 4.79 Å². The molecule has 0 amide bonds. The van der Waals surface area contributed by atoms with Crippen LogP contribution >= 0.6 is 11.6 Å². The molecule has 3 nitrogen and oxygen atoms in total. The smallest absolute Gasteiger partial charge is 0.176 e. The third-order valence-corrected chi connectivity index (χ3v) is 2.63. The fraction of sp³-hybridized carbons (Fsp3) is 0.417. The van der Waals surface area contributed by atoms with E-state index in [0.717, 1.165) is 12.1 Å². The largest absolute Gasteiger partial charge is 0.495 e. The van der Waals surface area contributed by atoms with Crippen molar-refractivity contribution in [2.75, 3.05) is 20.2 Å². The van der Waals surface area contributed by atoms with Crippen LogP contribution in [0, 0.1) is 6.92 Å². The Morgan fingerprint density at radius 1 is 1.50 bits per heavy atom. The number of likely N-dealkylation sites (N-methyl/N-ethyl adjacent to an activating group) is 1. The molecule has 0 radical (unpaired) electrons. The highest BCUT2D eigenvalue weighted by atomic mass is 35.5. The van der Waals surface area contributed by atoms with Crippen LogP contribution in [0.15, 0.2) is 12.1 Å². The molecule has 0 saturated carbocycles. The quantitative estimate of drug-likeness (QED) is 0.805. The van der Waals surface area contributed by atoms with Crippen LogP contribution in [0.3, 0.4) is 0 Å². The van der Waals surface area contributed by atoms with Crippen molar-refractivity contribution < 1.29 is 9.53 Å². The number of Topliss-reactive ketones (excluding diaryl/α,β-unsaturated/α-hetero) is 1. The summed E-state index contributed by atoms with van der Waals surface area (Å²) < 4.78 is 5.08. The molecule has 0 unspecified atom stereocenters. The highest BCUT2D eigenvalue weighted by molar-refractivity contribution is 6.32. The molecule has 0 heterocycles. The molecular weight excluding hydrogens is 226 g/mol. The van der Waals surface area contributed by atoms with E-state index in [0.29, 0.717) is 22.9 Å². The van der Waals surface area contributed by atoms with Crippen LogP contribution in [0.2, 0.25) is 5.02 Å². The monoisotopic (exact) mass is 241 g/mol. The number of carbonyl (C=O) groups excluding carboxylic acids is 1. The van der Waals surface area contributed by atoms with Crippen LogP contribution in [0.1, 0.15) is 22.8 Å². The maximum absolute atomic E-state index is 11.8. The first-order chi connectivity index (χ1) is 7.60. The Kier molecular flexibility index (Phi) is 4.77. The predicted octanol–water partition coefficient (Wildman–Crippen LogP) is 2.45. The van der Waals surface area contributed by atoms with Gasteiger partial charge in [-0.25, -0.2) is 0 Å². The minimum absolute atomic E-state index is 0.0453. The molecule has 0 aliphatic rings. The first kappa shape index (κ1) is 13.0. The molecule has 1 rings (SSSR count). The van der Waals surface area contributed by atoms with Gasteiger partial charge in [-0.2, -0.15) is 0 Å². The lowest BCUT2D eigenvalue weighted by Gasteiger charge is -2.09. The number of rotatable bonds is 5. The van der Waals surface area contributed by atoms with E-state index < -0.39 is 0 Å². The molecule has 0 aliphatic carbocycles. The number of carbonyl (C=O) groups is 1. The highest BCUT2D eigenvalue weighted by Crippen LogP contribution is 2.27. The van der Waals surface area contributed by atoms with E-state index >= 15 is 0 Å². The summed E-state index contributed by atoms with van der Waals surface area (Å²) >= 11 is 5.98. The molecule has 0 spiro atoms. The van der Waals surface area contributed by atoms with Crippen molar-refractivity contribution in [3.63, 3.8) is 0 Å². The van der Waals surface area contributed by atoms with Crippen LogP contribution in [-0.2, 0) is 0 Å². The second kappa shape index (κ2) is 5.87. The van der Waals surface area contributed by atoms with Crippen LogP contribution in [0.25, 0.3) is 0 Å². The van der Waals surface area contributed by atoms with Gasteiger partial charge in [0.05, 0.1) is 18.7 Å². The second-order valence-corrected chi connectivity index (χ2v) is 3.91. The summed E-state index contributed by atoms with van der Waals surface area (Å²) in [5.41, 5.74) is 1.52. The third kappa shape index (κ3) is 2.97. The number of hydrogen-bond acceptors (Lipinski definition) is 3. The normalized spacial score (nSPS) is 10.2. The van der Waals surface area contributed by atoms with Crippen molar-refractivity contribution in [1.29, 1.82) is 0 Å². The summed E-state index contributed by atoms with van der Waals surface area (Å²) in [5, 5.41) is 3.46. The van der Waals surface area contributed by atoms with Crippen molar-refractivity contribution in [2.45, 2.75) is 13.8 Å². The molecule has 1 N–H and O–H groups in total. The summed E-state index contributed by atoms with van der Waals surface area (Å²) in [4.78, 5) is 11.8. The van der Waals surface area contributed by atoms with Crippen molar-refractivity contribution in [2.24, 2.45) is 0 Å². The molecule has 88 valence electrons. The van der Waals surface area contributed by atoms with Crippen LogP contribution < -0.4 is 10.1 Å². The zero-order valence-electron chi connectivity index (χ0n) is 9.76. The zero-order chi connectivity index (χ0) is 12.1. The van der Waals surface area contributed by atoms with Gasteiger partial charge in [0, 0.05) is 5.56 Å². The minimum Gasteiger partial charge on any atom is -0.495 e. The first-order valence-electron chi connectivity index (χ1n) is 5.18. The zero-order valence-corrected chi connectivity index (χ0v) is 10.5. The lowest BCUT2D eigenvalue weighted by molar-refractivity contribution is 0.0991. The summed E-state index contributed by atoms with van der Waals surface area (Å²) in [5.74, 6) is 0.642. The van der Waals surface area contributed by atoms with E-state index in [4.69, 9.17) is 16.3 Å². The Morgan fingerprint density at radius 2 is 2.19 bits per heavy atom. The van der Waals surface area contributed by atoms with Crippen molar-refractivity contribution in [1.82, 2.24) is 5.32 Å². The summed E-state index contributed by atoms with van der Waals surface area (Å²) in [6.45, 7) is 4.94. The third-order valence-electron chi connectivity index (χ3n) is 2.33.